The fourth-order valence-electron chi connectivity index (χ4n) is 5.53. The van der Waals surface area contributed by atoms with Gasteiger partial charge in [-0.05, 0) is 47.9 Å². The third-order valence-corrected chi connectivity index (χ3v) is 8.25. The first-order valence-corrected chi connectivity index (χ1v) is 14.5. The molecule has 6 nitrogen and oxygen atoms in total. The van der Waals surface area contributed by atoms with Crippen molar-refractivity contribution < 1.29 is 44.3 Å². The van der Waals surface area contributed by atoms with Gasteiger partial charge < -0.3 is 5.32 Å². The predicted molar refractivity (Wildman–Crippen MR) is 148 cm³/mol. The van der Waals surface area contributed by atoms with Crippen molar-refractivity contribution in [3.63, 3.8) is 0 Å². The van der Waals surface area contributed by atoms with E-state index in [1.165, 1.54) is 41.1 Å². The molecule has 240 valence electrons. The molecule has 0 saturated heterocycles. The number of rotatable bonds is 8. The Balaban J connectivity index is 1.44. The topological polar surface area (TPSA) is 72.7 Å². The average Bonchev–Trinajstić information content (AvgIpc) is 3.60. The minimum absolute atomic E-state index is 0.0376. The van der Waals surface area contributed by atoms with Crippen LogP contribution in [-0.2, 0) is 29.6 Å². The van der Waals surface area contributed by atoms with Crippen LogP contribution in [0.3, 0.4) is 0 Å². The molecule has 1 amide bonds. The van der Waals surface area contributed by atoms with Gasteiger partial charge in [-0.15, -0.1) is 11.3 Å². The van der Waals surface area contributed by atoms with Gasteiger partial charge in [-0.25, -0.2) is 40.7 Å². The van der Waals surface area contributed by atoms with E-state index in [0.717, 1.165) is 12.1 Å². The molecule has 46 heavy (non-hydrogen) atoms. The fourth-order valence-corrected chi connectivity index (χ4v) is 6.19. The monoisotopic (exact) mass is 669 g/mol. The molecule has 2 aromatic carbocycles. The Hall–Kier alpha value is -4.47. The van der Waals surface area contributed by atoms with E-state index in [-0.39, 0.29) is 28.0 Å². The molecular formula is C30H20F9N5OS. The number of carbonyl (C=O) groups is 1. The summed E-state index contributed by atoms with van der Waals surface area (Å²) in [6.07, 6.45) is -6.73. The molecule has 3 heterocycles. The van der Waals surface area contributed by atoms with Crippen LogP contribution in [0.4, 0.5) is 39.5 Å². The van der Waals surface area contributed by atoms with E-state index < -0.39 is 84.0 Å². The number of pyridine rings is 1. The van der Waals surface area contributed by atoms with E-state index >= 15 is 0 Å². The van der Waals surface area contributed by atoms with Crippen LogP contribution in [0.15, 0.2) is 54.0 Å². The Morgan fingerprint density at radius 3 is 2.26 bits per heavy atom. The molecule has 1 aliphatic carbocycles. The number of halogens is 9. The van der Waals surface area contributed by atoms with Crippen molar-refractivity contribution >= 4 is 27.6 Å². The number of carbonyl (C=O) groups excluding carboxylic acids is 1. The van der Waals surface area contributed by atoms with Gasteiger partial charge in [0.25, 0.3) is 18.3 Å². The van der Waals surface area contributed by atoms with Crippen LogP contribution >= 0.6 is 11.3 Å². The molecule has 1 aliphatic rings. The summed E-state index contributed by atoms with van der Waals surface area (Å²) in [5.74, 6) is -11.6. The largest absolute Gasteiger partial charge is 0.346 e. The molecule has 6 rings (SSSR count). The lowest BCUT2D eigenvalue weighted by molar-refractivity contribution is -0.123. The van der Waals surface area contributed by atoms with Gasteiger partial charge >= 0.3 is 0 Å². The Morgan fingerprint density at radius 2 is 1.59 bits per heavy atom. The molecule has 0 radical (unpaired) electrons. The summed E-state index contributed by atoms with van der Waals surface area (Å²) in [4.78, 5) is 22.1. The van der Waals surface area contributed by atoms with Crippen LogP contribution in [0.25, 0.3) is 21.5 Å². The lowest BCUT2D eigenvalue weighted by atomic mass is 9.89. The number of aromatic nitrogens is 4. The maximum absolute atomic E-state index is 14.9. The van der Waals surface area contributed by atoms with Gasteiger partial charge in [0.2, 0.25) is 5.91 Å². The van der Waals surface area contributed by atoms with Crippen molar-refractivity contribution in [1.29, 1.82) is 0 Å². The second kappa shape index (κ2) is 11.7. The van der Waals surface area contributed by atoms with Gasteiger partial charge in [-0.2, -0.15) is 13.9 Å². The van der Waals surface area contributed by atoms with E-state index in [1.54, 1.807) is 6.07 Å². The highest BCUT2D eigenvalue weighted by molar-refractivity contribution is 7.16. The molecule has 0 fully saturated rings. The molecule has 5 aromatic rings. The molecule has 1 atom stereocenters. The maximum atomic E-state index is 14.9. The summed E-state index contributed by atoms with van der Waals surface area (Å²) in [6.45, 7) is -1.18. The van der Waals surface area contributed by atoms with Gasteiger partial charge in [0.05, 0.1) is 27.5 Å². The lowest BCUT2D eigenvalue weighted by Crippen LogP contribution is -2.37. The lowest BCUT2D eigenvalue weighted by Gasteiger charge is -2.29. The highest BCUT2D eigenvalue weighted by Crippen LogP contribution is 2.52. The quantitative estimate of drug-likeness (QED) is 0.170. The van der Waals surface area contributed by atoms with Crippen molar-refractivity contribution in [3.8, 4) is 11.1 Å². The number of nitrogens with one attached hydrogen (secondary N) is 1. The number of hydrogen-bond acceptors (Lipinski definition) is 5. The number of nitrogens with zero attached hydrogens (tertiary/aromatic N) is 4. The molecule has 0 saturated carbocycles. The first kappa shape index (κ1) is 31.5. The average molecular weight is 670 g/mol. The SMILES string of the molecule is O=C(Cn1nc(C(F)F)c2c1C(F)(F)CCC2(F)F)N[C@H](Cc1cc(F)cc(F)c1)c1nc2ncsc2cc1-c1ccc(F)cc1. The number of fused-ring (bicyclic) bond motifs is 2. The highest BCUT2D eigenvalue weighted by Gasteiger charge is 2.55. The Morgan fingerprint density at radius 1 is 0.913 bits per heavy atom. The number of benzene rings is 2. The molecule has 0 bridgehead atoms. The van der Waals surface area contributed by atoms with E-state index in [4.69, 9.17) is 0 Å². The standard InChI is InChI=1S/C30H20F9N5OS/c31-16-3-1-15(2-4-16)19-11-21-28(40-13-46-21)42-24(19)20(9-14-7-17(32)10-18(33)8-14)41-22(45)12-44-26-23(25(43-44)27(34)35)29(36,37)5-6-30(26,38)39/h1-4,7-8,10-11,13,20,27H,5-6,9,12H2,(H,41,45)/t20-/m1/s1. The molecule has 1 N–H and O–H groups in total. The summed E-state index contributed by atoms with van der Waals surface area (Å²) < 4.78 is 129. The van der Waals surface area contributed by atoms with E-state index in [0.29, 0.717) is 21.9 Å². The van der Waals surface area contributed by atoms with E-state index in [1.807, 2.05) is 0 Å². The predicted octanol–water partition coefficient (Wildman–Crippen LogP) is 7.99. The summed E-state index contributed by atoms with van der Waals surface area (Å²) >= 11 is 1.22. The van der Waals surface area contributed by atoms with Gasteiger partial charge in [-0.3, -0.25) is 9.48 Å². The minimum atomic E-state index is -4.04. The molecular weight excluding hydrogens is 649 g/mol. The third kappa shape index (κ3) is 6.04. The second-order valence-electron chi connectivity index (χ2n) is 10.7. The third-order valence-electron chi connectivity index (χ3n) is 7.48. The Bertz CT molecular complexity index is 1920. The molecule has 0 spiro atoms. The summed E-state index contributed by atoms with van der Waals surface area (Å²) in [5, 5.41) is 5.82. The number of amides is 1. The Kier molecular flexibility index (Phi) is 8.02. The van der Waals surface area contributed by atoms with Gasteiger partial charge in [0, 0.05) is 24.5 Å². The van der Waals surface area contributed by atoms with Gasteiger partial charge in [0.1, 0.15) is 35.4 Å². The molecule has 16 heteroatoms. The van der Waals surface area contributed by atoms with Crippen LogP contribution < -0.4 is 5.32 Å². The highest BCUT2D eigenvalue weighted by atomic mass is 32.1. The zero-order chi connectivity index (χ0) is 33.0. The van der Waals surface area contributed by atoms with Crippen LogP contribution in [0.2, 0.25) is 0 Å². The zero-order valence-electron chi connectivity index (χ0n) is 23.2. The van der Waals surface area contributed by atoms with Crippen LogP contribution in [0.5, 0.6) is 0 Å². The molecule has 0 aliphatic heterocycles. The summed E-state index contributed by atoms with van der Waals surface area (Å²) in [6, 6.07) is 8.16. The maximum Gasteiger partial charge on any atom is 0.290 e. The smallest absolute Gasteiger partial charge is 0.290 e. The van der Waals surface area contributed by atoms with Crippen LogP contribution in [0.1, 0.15) is 53.5 Å². The number of thiazole rings is 1. The summed E-state index contributed by atoms with van der Waals surface area (Å²) in [7, 11) is 0. The van der Waals surface area contributed by atoms with Gasteiger partial charge in [0.15, 0.2) is 5.65 Å². The molecule has 0 unspecified atom stereocenters. The van der Waals surface area contributed by atoms with Crippen molar-refractivity contribution in [3.05, 3.63) is 99.7 Å². The Labute approximate surface area is 257 Å². The number of hydrogen-bond donors (Lipinski definition) is 1. The van der Waals surface area contributed by atoms with Crippen molar-refractivity contribution in [2.75, 3.05) is 0 Å². The second-order valence-corrected chi connectivity index (χ2v) is 11.6. The normalized spacial score (nSPS) is 16.0. The number of alkyl halides is 6. The van der Waals surface area contributed by atoms with Crippen molar-refractivity contribution in [2.24, 2.45) is 0 Å². The first-order valence-electron chi connectivity index (χ1n) is 13.6. The van der Waals surface area contributed by atoms with Crippen molar-refractivity contribution in [1.82, 2.24) is 25.1 Å². The van der Waals surface area contributed by atoms with Crippen LogP contribution in [0, 0.1) is 17.5 Å². The van der Waals surface area contributed by atoms with Crippen molar-refractivity contribution in [2.45, 2.75) is 50.1 Å². The fraction of sp³-hybridized carbons (Fsp3) is 0.267. The van der Waals surface area contributed by atoms with Crippen LogP contribution in [-0.4, -0.2) is 25.7 Å². The zero-order valence-corrected chi connectivity index (χ0v) is 24.0. The minimum Gasteiger partial charge on any atom is -0.346 e. The van der Waals surface area contributed by atoms with E-state index in [9.17, 15) is 44.3 Å². The van der Waals surface area contributed by atoms with Gasteiger partial charge in [-0.1, -0.05) is 12.1 Å². The molecule has 3 aromatic heterocycles. The first-order chi connectivity index (χ1) is 21.7. The summed E-state index contributed by atoms with van der Waals surface area (Å²) in [5.41, 5.74) is -2.07. The van der Waals surface area contributed by atoms with E-state index in [2.05, 4.69) is 20.4 Å².